The fourth-order valence-electron chi connectivity index (χ4n) is 3.80. The van der Waals surface area contributed by atoms with E-state index in [1.807, 2.05) is 4.72 Å². The zero-order valence-corrected chi connectivity index (χ0v) is 22.3. The molecule has 5 rings (SSSR count). The summed E-state index contributed by atoms with van der Waals surface area (Å²) in [7, 11) is -2.53. The van der Waals surface area contributed by atoms with E-state index in [4.69, 9.17) is 16.3 Å². The van der Waals surface area contributed by atoms with Crippen molar-refractivity contribution in [3.8, 4) is 11.4 Å². The van der Waals surface area contributed by atoms with Gasteiger partial charge in [-0.25, -0.2) is 22.3 Å². The Hall–Kier alpha value is -3.61. The first-order valence-corrected chi connectivity index (χ1v) is 14.2. The molecule has 13 heteroatoms. The quantitative estimate of drug-likeness (QED) is 0.266. The second kappa shape index (κ2) is 10.3. The van der Waals surface area contributed by atoms with Crippen molar-refractivity contribution in [1.29, 1.82) is 0 Å². The molecule has 1 aliphatic rings. The molecule has 0 atom stereocenters. The van der Waals surface area contributed by atoms with E-state index in [2.05, 4.69) is 10.6 Å². The SMILES string of the molecule is CNc1cc2ccn(-c3ccc(NC(=O)NS(=O)(=O)c4ccc(Cl)s4)c(OCC4CC4)c3)c(=O)c2cc1F. The third-order valence-electron chi connectivity index (χ3n) is 5.96. The molecular weight excluding hydrogens is 555 g/mol. The molecule has 0 spiro atoms. The lowest BCUT2D eigenvalue weighted by molar-refractivity contribution is 0.256. The highest BCUT2D eigenvalue weighted by Gasteiger charge is 2.24. The van der Waals surface area contributed by atoms with Crippen LogP contribution in [-0.4, -0.2) is 32.7 Å². The van der Waals surface area contributed by atoms with Crippen LogP contribution in [0.4, 0.5) is 20.6 Å². The topological polar surface area (TPSA) is 119 Å². The lowest BCUT2D eigenvalue weighted by Crippen LogP contribution is -2.34. The van der Waals surface area contributed by atoms with Crippen molar-refractivity contribution in [3.05, 3.63) is 75.2 Å². The zero-order valence-electron chi connectivity index (χ0n) is 20.0. The molecule has 2 aromatic carbocycles. The number of sulfonamides is 1. The standard InChI is InChI=1S/C25H22ClFN4O5S2/c1-28-20-10-15-8-9-31(24(32)17(15)12-18(20)27)16-4-5-19(21(11-16)36-13-14-2-3-14)29-25(33)30-38(34,35)23-7-6-22(26)37-23/h4-12,14,28H,2-3,13H2,1H3,(H2,29,30,33). The number of carbonyl (C=O) groups excluding carboxylic acids is 1. The van der Waals surface area contributed by atoms with Gasteiger partial charge in [0.1, 0.15) is 15.8 Å². The minimum atomic E-state index is -4.12. The van der Waals surface area contributed by atoms with Crippen molar-refractivity contribution in [3.63, 3.8) is 0 Å². The van der Waals surface area contributed by atoms with Crippen LogP contribution in [0.2, 0.25) is 4.34 Å². The molecule has 0 unspecified atom stereocenters. The molecule has 38 heavy (non-hydrogen) atoms. The van der Waals surface area contributed by atoms with Gasteiger partial charge in [-0.2, -0.15) is 0 Å². The van der Waals surface area contributed by atoms with E-state index in [0.717, 1.165) is 24.2 Å². The van der Waals surface area contributed by atoms with Gasteiger partial charge in [-0.15, -0.1) is 11.3 Å². The number of fused-ring (bicyclic) bond motifs is 1. The van der Waals surface area contributed by atoms with E-state index in [1.165, 1.54) is 28.8 Å². The molecule has 0 aliphatic heterocycles. The third kappa shape index (κ3) is 5.47. The van der Waals surface area contributed by atoms with E-state index in [-0.39, 0.29) is 31.1 Å². The average Bonchev–Trinajstić information content (AvgIpc) is 3.60. The first kappa shape index (κ1) is 26.0. The first-order valence-electron chi connectivity index (χ1n) is 11.5. The van der Waals surface area contributed by atoms with Crippen molar-refractivity contribution in [2.24, 2.45) is 5.92 Å². The smallest absolute Gasteiger partial charge is 0.333 e. The number of ether oxygens (including phenoxy) is 1. The number of carbonyl (C=O) groups is 1. The summed E-state index contributed by atoms with van der Waals surface area (Å²) in [5, 5.41) is 6.03. The maximum atomic E-state index is 14.4. The number of anilines is 2. The normalized spacial score (nSPS) is 13.3. The van der Waals surface area contributed by atoms with Crippen LogP contribution in [0.3, 0.4) is 0 Å². The van der Waals surface area contributed by atoms with E-state index >= 15 is 0 Å². The molecule has 9 nitrogen and oxygen atoms in total. The maximum absolute atomic E-state index is 14.4. The van der Waals surface area contributed by atoms with Crippen LogP contribution in [0.1, 0.15) is 12.8 Å². The molecule has 0 radical (unpaired) electrons. The molecule has 0 bridgehead atoms. The summed E-state index contributed by atoms with van der Waals surface area (Å²) in [5.41, 5.74) is 0.483. The number of benzene rings is 2. The number of aromatic nitrogens is 1. The minimum absolute atomic E-state index is 0.104. The Morgan fingerprint density at radius 1 is 1.16 bits per heavy atom. The number of rotatable bonds is 8. The largest absolute Gasteiger partial charge is 0.491 e. The molecule has 1 fully saturated rings. The zero-order chi connectivity index (χ0) is 27.0. The number of hydrogen-bond acceptors (Lipinski definition) is 7. The monoisotopic (exact) mass is 576 g/mol. The molecule has 1 aliphatic carbocycles. The highest BCUT2D eigenvalue weighted by atomic mass is 35.5. The van der Waals surface area contributed by atoms with Gasteiger partial charge in [0.2, 0.25) is 0 Å². The summed E-state index contributed by atoms with van der Waals surface area (Å²) >= 11 is 6.63. The minimum Gasteiger partial charge on any atom is -0.491 e. The highest BCUT2D eigenvalue weighted by molar-refractivity contribution is 7.92. The maximum Gasteiger partial charge on any atom is 0.333 e. The van der Waals surface area contributed by atoms with Crippen molar-refractivity contribution in [1.82, 2.24) is 9.29 Å². The Labute approximate surface area is 226 Å². The number of nitrogens with one attached hydrogen (secondary N) is 3. The lowest BCUT2D eigenvalue weighted by atomic mass is 10.1. The highest BCUT2D eigenvalue weighted by Crippen LogP contribution is 2.33. The predicted octanol–water partition coefficient (Wildman–Crippen LogP) is 5.19. The average molecular weight is 577 g/mol. The van der Waals surface area contributed by atoms with Crippen LogP contribution in [0.25, 0.3) is 16.5 Å². The molecule has 4 aromatic rings. The Morgan fingerprint density at radius 3 is 2.63 bits per heavy atom. The van der Waals surface area contributed by atoms with Crippen LogP contribution in [0.15, 0.2) is 63.7 Å². The number of halogens is 2. The van der Waals surface area contributed by atoms with Crippen molar-refractivity contribution >= 4 is 61.1 Å². The number of urea groups is 1. The Balaban J connectivity index is 1.45. The molecule has 0 saturated heterocycles. The fraction of sp³-hybridized carbons (Fsp3) is 0.200. The van der Waals surface area contributed by atoms with Gasteiger partial charge in [0.25, 0.3) is 15.6 Å². The van der Waals surface area contributed by atoms with E-state index < -0.39 is 27.4 Å². The number of hydrogen-bond donors (Lipinski definition) is 3. The molecule has 1 saturated carbocycles. The molecule has 198 valence electrons. The number of pyridine rings is 1. The van der Waals surface area contributed by atoms with E-state index in [1.54, 1.807) is 37.5 Å². The van der Waals surface area contributed by atoms with Crippen LogP contribution in [0, 0.1) is 11.7 Å². The number of amides is 2. The lowest BCUT2D eigenvalue weighted by Gasteiger charge is -2.16. The summed E-state index contributed by atoms with van der Waals surface area (Å²) in [6, 6.07) is 10.8. The summed E-state index contributed by atoms with van der Waals surface area (Å²) in [6.45, 7) is 0.399. The van der Waals surface area contributed by atoms with Gasteiger partial charge in [-0.3, -0.25) is 9.36 Å². The van der Waals surface area contributed by atoms with Gasteiger partial charge in [0.15, 0.2) is 0 Å². The Kier molecular flexibility index (Phi) is 7.03. The molecule has 3 N–H and O–H groups in total. The van der Waals surface area contributed by atoms with E-state index in [9.17, 15) is 22.4 Å². The summed E-state index contributed by atoms with van der Waals surface area (Å²) in [6.07, 6.45) is 3.62. The molecule has 2 amide bonds. The molecular formula is C25H22ClFN4O5S2. The molecule has 2 heterocycles. The summed E-state index contributed by atoms with van der Waals surface area (Å²) in [4.78, 5) is 25.8. The van der Waals surface area contributed by atoms with Gasteiger partial charge < -0.3 is 15.4 Å². The van der Waals surface area contributed by atoms with Crippen molar-refractivity contribution in [2.45, 2.75) is 17.1 Å². The second-order valence-corrected chi connectivity index (χ2v) is 12.3. The van der Waals surface area contributed by atoms with Gasteiger partial charge in [0.05, 0.1) is 33.4 Å². The van der Waals surface area contributed by atoms with Gasteiger partial charge in [0, 0.05) is 19.3 Å². The Bertz CT molecular complexity index is 1720. The number of thiophene rings is 1. The second-order valence-electron chi connectivity index (χ2n) is 8.71. The van der Waals surface area contributed by atoms with Crippen LogP contribution in [-0.2, 0) is 10.0 Å². The fourth-order valence-corrected chi connectivity index (χ4v) is 6.19. The third-order valence-corrected chi connectivity index (χ3v) is 9.02. The van der Waals surface area contributed by atoms with Crippen molar-refractivity contribution in [2.75, 3.05) is 24.3 Å². The van der Waals surface area contributed by atoms with Gasteiger partial charge >= 0.3 is 6.03 Å². The Morgan fingerprint density at radius 2 is 1.95 bits per heavy atom. The van der Waals surface area contributed by atoms with Gasteiger partial charge in [-0.05, 0) is 66.6 Å². The van der Waals surface area contributed by atoms with Gasteiger partial charge in [-0.1, -0.05) is 11.6 Å². The summed E-state index contributed by atoms with van der Waals surface area (Å²) < 4.78 is 48.7. The van der Waals surface area contributed by atoms with Crippen LogP contribution >= 0.6 is 22.9 Å². The van der Waals surface area contributed by atoms with Crippen LogP contribution in [0.5, 0.6) is 5.75 Å². The molecule has 2 aromatic heterocycles. The summed E-state index contributed by atoms with van der Waals surface area (Å²) in [5.74, 6) is 0.0930. The predicted molar refractivity (Wildman–Crippen MR) is 146 cm³/mol. The van der Waals surface area contributed by atoms with E-state index in [0.29, 0.717) is 23.6 Å². The van der Waals surface area contributed by atoms with Crippen LogP contribution < -0.4 is 25.7 Å². The first-order chi connectivity index (χ1) is 18.1. The van der Waals surface area contributed by atoms with Crippen molar-refractivity contribution < 1.29 is 22.3 Å². The number of nitrogens with zero attached hydrogens (tertiary/aromatic N) is 1.